The SMILES string of the molecule is CC(CC#CC1CC1)(CC(F)(F)F)C(=O)Cc1cnc2c(F)cccc2c1.CC(CC#CC1CC1)(CC(F)(F)F)C(=O)O. The molecule has 2 unspecified atom stereocenters. The number of carboxylic acids is 1. The Hall–Kier alpha value is -3.60. The summed E-state index contributed by atoms with van der Waals surface area (Å²) in [7, 11) is 0. The van der Waals surface area contributed by atoms with Crippen molar-refractivity contribution in [3.8, 4) is 23.7 Å². The minimum atomic E-state index is -4.48. The summed E-state index contributed by atoms with van der Waals surface area (Å²) >= 11 is 0. The first-order valence-corrected chi connectivity index (χ1v) is 13.8. The number of benzene rings is 1. The molecule has 1 aromatic heterocycles. The maximum absolute atomic E-state index is 13.7. The molecule has 11 heteroatoms. The molecule has 0 aliphatic heterocycles. The maximum Gasteiger partial charge on any atom is 0.390 e. The quantitative estimate of drug-likeness (QED) is 0.242. The van der Waals surface area contributed by atoms with Crippen LogP contribution in [0.1, 0.15) is 70.8 Å². The number of carbonyl (C=O) groups excluding carboxylic acids is 1. The molecule has 0 bridgehead atoms. The smallest absolute Gasteiger partial charge is 0.390 e. The first-order chi connectivity index (χ1) is 19.9. The number of nitrogens with zero attached hydrogens (tertiary/aromatic N) is 1. The third-order valence-corrected chi connectivity index (χ3v) is 7.18. The van der Waals surface area contributed by atoms with Gasteiger partial charge in [0.2, 0.25) is 0 Å². The molecule has 2 aromatic rings. The van der Waals surface area contributed by atoms with Crippen LogP contribution in [0.3, 0.4) is 0 Å². The van der Waals surface area contributed by atoms with Gasteiger partial charge in [-0.1, -0.05) is 30.9 Å². The van der Waals surface area contributed by atoms with E-state index >= 15 is 0 Å². The predicted molar refractivity (Wildman–Crippen MR) is 146 cm³/mol. The highest BCUT2D eigenvalue weighted by atomic mass is 19.4. The molecule has 1 aromatic carbocycles. The number of carbonyl (C=O) groups is 2. The van der Waals surface area contributed by atoms with Gasteiger partial charge in [0.25, 0.3) is 0 Å². The van der Waals surface area contributed by atoms with Crippen LogP contribution >= 0.6 is 0 Å². The van der Waals surface area contributed by atoms with Crippen molar-refractivity contribution in [1.29, 1.82) is 0 Å². The number of rotatable bonds is 8. The molecule has 1 N–H and O–H groups in total. The van der Waals surface area contributed by atoms with E-state index in [0.717, 1.165) is 32.6 Å². The Morgan fingerprint density at radius 1 is 0.884 bits per heavy atom. The van der Waals surface area contributed by atoms with E-state index in [2.05, 4.69) is 28.7 Å². The Balaban J connectivity index is 0.000000271. The van der Waals surface area contributed by atoms with E-state index in [0.29, 0.717) is 10.9 Å². The number of carboxylic acid groups (broad SMARTS) is 1. The number of ketones is 1. The number of aromatic nitrogens is 1. The third-order valence-electron chi connectivity index (χ3n) is 7.18. The average Bonchev–Trinajstić information content (AvgIpc) is 3.79. The first-order valence-electron chi connectivity index (χ1n) is 13.8. The van der Waals surface area contributed by atoms with Gasteiger partial charge in [-0.3, -0.25) is 14.6 Å². The number of fused-ring (bicyclic) bond motifs is 1. The fourth-order valence-corrected chi connectivity index (χ4v) is 4.26. The van der Waals surface area contributed by atoms with Gasteiger partial charge in [0.1, 0.15) is 17.1 Å². The zero-order chi connectivity index (χ0) is 32.1. The number of halogens is 7. The van der Waals surface area contributed by atoms with Crippen molar-refractivity contribution >= 4 is 22.7 Å². The summed E-state index contributed by atoms with van der Waals surface area (Å²) in [6.45, 7) is 2.41. The van der Waals surface area contributed by atoms with Crippen LogP contribution in [0.4, 0.5) is 30.7 Å². The lowest BCUT2D eigenvalue weighted by Crippen LogP contribution is -2.34. The zero-order valence-corrected chi connectivity index (χ0v) is 23.8. The Labute approximate surface area is 245 Å². The van der Waals surface area contributed by atoms with Crippen molar-refractivity contribution in [1.82, 2.24) is 4.98 Å². The van der Waals surface area contributed by atoms with Gasteiger partial charge in [0.15, 0.2) is 0 Å². The molecule has 2 atom stereocenters. The first kappa shape index (κ1) is 33.9. The van der Waals surface area contributed by atoms with Crippen LogP contribution in [0, 0.1) is 52.2 Å². The number of hydrogen-bond acceptors (Lipinski definition) is 3. The monoisotopic (exact) mass is 611 g/mol. The number of aliphatic carboxylic acids is 1. The summed E-state index contributed by atoms with van der Waals surface area (Å²) in [4.78, 5) is 27.6. The van der Waals surface area contributed by atoms with Gasteiger partial charge < -0.3 is 5.11 Å². The van der Waals surface area contributed by atoms with Crippen molar-refractivity contribution < 1.29 is 45.4 Å². The van der Waals surface area contributed by atoms with E-state index in [-0.39, 0.29) is 36.6 Å². The number of Topliss-reactive ketones (excluding diaryl/α,β-unsaturated/α-hetero) is 1. The summed E-state index contributed by atoms with van der Waals surface area (Å²) in [6, 6.07) is 6.04. The van der Waals surface area contributed by atoms with E-state index in [4.69, 9.17) is 5.11 Å². The summed E-state index contributed by atoms with van der Waals surface area (Å²) in [6.07, 6.45) is -6.86. The van der Waals surface area contributed by atoms with Gasteiger partial charge in [0.05, 0.1) is 18.3 Å². The summed E-state index contributed by atoms with van der Waals surface area (Å²) in [5, 5.41) is 9.31. The Bertz CT molecular complexity index is 1450. The highest BCUT2D eigenvalue weighted by molar-refractivity contribution is 5.88. The molecule has 4 nitrogen and oxygen atoms in total. The van der Waals surface area contributed by atoms with Crippen LogP contribution in [-0.2, 0) is 16.0 Å². The molecule has 2 fully saturated rings. The molecular weight excluding hydrogens is 579 g/mol. The summed E-state index contributed by atoms with van der Waals surface area (Å²) < 4.78 is 89.4. The molecule has 1 heterocycles. The molecule has 2 saturated carbocycles. The lowest BCUT2D eigenvalue weighted by atomic mass is 9.77. The normalized spacial score (nSPS) is 17.6. The van der Waals surface area contributed by atoms with Gasteiger partial charge in [-0.05, 0) is 50.3 Å². The number of alkyl halides is 6. The topological polar surface area (TPSA) is 67.3 Å². The molecule has 2 aliphatic carbocycles. The van der Waals surface area contributed by atoms with E-state index < -0.39 is 53.6 Å². The Kier molecular flexibility index (Phi) is 10.5. The Morgan fingerprint density at radius 2 is 1.40 bits per heavy atom. The third kappa shape index (κ3) is 11.2. The molecule has 43 heavy (non-hydrogen) atoms. The molecule has 0 spiro atoms. The molecular formula is C32H32F7NO3. The number of hydrogen-bond donors (Lipinski definition) is 1. The van der Waals surface area contributed by atoms with E-state index in [1.807, 2.05) is 0 Å². The predicted octanol–water partition coefficient (Wildman–Crippen LogP) is 8.08. The van der Waals surface area contributed by atoms with Crippen LogP contribution in [-0.4, -0.2) is 34.2 Å². The highest BCUT2D eigenvalue weighted by Crippen LogP contribution is 2.39. The van der Waals surface area contributed by atoms with E-state index in [1.54, 1.807) is 12.1 Å². The lowest BCUT2D eigenvalue weighted by molar-refractivity contribution is -0.176. The fourth-order valence-electron chi connectivity index (χ4n) is 4.26. The van der Waals surface area contributed by atoms with Gasteiger partial charge in [0, 0.05) is 48.1 Å². The largest absolute Gasteiger partial charge is 0.481 e. The van der Waals surface area contributed by atoms with Crippen molar-refractivity contribution in [3.63, 3.8) is 0 Å². The molecule has 0 amide bonds. The van der Waals surface area contributed by atoms with Crippen molar-refractivity contribution in [3.05, 3.63) is 41.8 Å². The lowest BCUT2D eigenvalue weighted by Gasteiger charge is -2.27. The van der Waals surface area contributed by atoms with Gasteiger partial charge in [-0.25, -0.2) is 4.39 Å². The van der Waals surface area contributed by atoms with E-state index in [9.17, 15) is 40.3 Å². The summed E-state index contributed by atoms with van der Waals surface area (Å²) in [5.74, 6) is 9.09. The van der Waals surface area contributed by atoms with Crippen molar-refractivity contribution in [2.24, 2.45) is 22.7 Å². The van der Waals surface area contributed by atoms with Crippen molar-refractivity contribution in [2.75, 3.05) is 0 Å². The minimum absolute atomic E-state index is 0.127. The van der Waals surface area contributed by atoms with Crippen LogP contribution in [0.25, 0.3) is 10.9 Å². The maximum atomic E-state index is 13.7. The van der Waals surface area contributed by atoms with Gasteiger partial charge >= 0.3 is 18.3 Å². The molecule has 0 radical (unpaired) electrons. The second-order valence-corrected chi connectivity index (χ2v) is 11.8. The van der Waals surface area contributed by atoms with Crippen LogP contribution in [0.2, 0.25) is 0 Å². The highest BCUT2D eigenvalue weighted by Gasteiger charge is 2.45. The Morgan fingerprint density at radius 3 is 1.88 bits per heavy atom. The minimum Gasteiger partial charge on any atom is -0.481 e. The fraction of sp³-hybridized carbons (Fsp3) is 0.531. The second-order valence-electron chi connectivity index (χ2n) is 11.8. The van der Waals surface area contributed by atoms with Crippen LogP contribution in [0.5, 0.6) is 0 Å². The van der Waals surface area contributed by atoms with Crippen molar-refractivity contribution in [2.45, 2.75) is 84.0 Å². The molecule has 4 rings (SSSR count). The zero-order valence-electron chi connectivity index (χ0n) is 23.8. The number of para-hydroxylation sites is 1. The average molecular weight is 612 g/mol. The molecule has 2 aliphatic rings. The second kappa shape index (κ2) is 13.4. The summed E-state index contributed by atoms with van der Waals surface area (Å²) in [5.41, 5.74) is -2.82. The molecule has 232 valence electrons. The van der Waals surface area contributed by atoms with Gasteiger partial charge in [-0.15, -0.1) is 11.8 Å². The van der Waals surface area contributed by atoms with Crippen LogP contribution < -0.4 is 0 Å². The number of pyridine rings is 1. The molecule has 0 saturated heterocycles. The van der Waals surface area contributed by atoms with Gasteiger partial charge in [-0.2, -0.15) is 26.3 Å². The standard InChI is InChI=1S/C21H19F4NO.C11H13F3O2/c1-20(13-21(23,24)25,9-3-4-14-7-8-14)18(27)11-15-10-16-5-2-6-17(22)19(16)26-12-15;1-10(9(15)16,7-11(12,13)14)6-2-3-8-4-5-8/h2,5-6,10,12,14H,7-9,11,13H2,1H3;8H,4-7H2,1H3,(H,15,16). The van der Waals surface area contributed by atoms with E-state index in [1.165, 1.54) is 25.3 Å². The van der Waals surface area contributed by atoms with Crippen LogP contribution in [0.15, 0.2) is 30.5 Å².